The van der Waals surface area contributed by atoms with Crippen molar-refractivity contribution in [2.24, 2.45) is 10.9 Å². The molecule has 2 amide bonds. The Balaban J connectivity index is 1.95. The normalized spacial score (nSPS) is 14.1. The number of anilines is 1. The molecule has 2 aromatic rings. The Morgan fingerprint density at radius 1 is 1.00 bits per heavy atom. The van der Waals surface area contributed by atoms with E-state index >= 15 is 0 Å². The number of fused-ring (bicyclic) bond motifs is 1. The molecule has 0 radical (unpaired) electrons. The molecule has 2 aromatic carbocycles. The van der Waals surface area contributed by atoms with Crippen LogP contribution in [0.25, 0.3) is 0 Å². The van der Waals surface area contributed by atoms with Crippen LogP contribution >= 0.6 is 0 Å². The quantitative estimate of drug-likeness (QED) is 0.288. The Morgan fingerprint density at radius 2 is 1.60 bits per heavy atom. The summed E-state index contributed by atoms with van der Waals surface area (Å²) in [6.07, 6.45) is 2.04. The van der Waals surface area contributed by atoms with Crippen LogP contribution in [0.15, 0.2) is 53.5 Å². The molecule has 0 saturated heterocycles. The number of benzene rings is 2. The zero-order chi connectivity index (χ0) is 21.7. The fourth-order valence-electron chi connectivity index (χ4n) is 3.23. The number of amides is 2. The molecule has 1 aliphatic rings. The van der Waals surface area contributed by atoms with E-state index in [4.69, 9.17) is 4.74 Å². The lowest BCUT2D eigenvalue weighted by Crippen LogP contribution is -2.29. The molecule has 0 bridgehead atoms. The molecule has 7 nitrogen and oxygen atoms in total. The van der Waals surface area contributed by atoms with E-state index in [-0.39, 0.29) is 24.5 Å². The molecule has 3 rings (SSSR count). The summed E-state index contributed by atoms with van der Waals surface area (Å²) in [6.45, 7) is 3.65. The van der Waals surface area contributed by atoms with Crippen molar-refractivity contribution in [1.29, 1.82) is 0 Å². The highest BCUT2D eigenvalue weighted by Crippen LogP contribution is 2.34. The summed E-state index contributed by atoms with van der Waals surface area (Å²) in [5.41, 5.74) is 1.23. The van der Waals surface area contributed by atoms with Crippen molar-refractivity contribution in [2.75, 3.05) is 11.5 Å². The van der Waals surface area contributed by atoms with Crippen molar-refractivity contribution >= 4 is 41.2 Å². The highest BCUT2D eigenvalue weighted by molar-refractivity contribution is 6.35. The molecule has 7 heteroatoms. The van der Waals surface area contributed by atoms with Gasteiger partial charge < -0.3 is 4.74 Å². The molecule has 0 aromatic heterocycles. The topological polar surface area (TPSA) is 93.1 Å². The summed E-state index contributed by atoms with van der Waals surface area (Å²) < 4.78 is 5.00. The Morgan fingerprint density at radius 3 is 2.20 bits per heavy atom. The van der Waals surface area contributed by atoms with Gasteiger partial charge in [-0.25, -0.2) is 4.90 Å². The van der Waals surface area contributed by atoms with Crippen LogP contribution in [-0.4, -0.2) is 36.4 Å². The minimum absolute atomic E-state index is 0.147. The number of carbonyl (C=O) groups is 4. The maximum atomic E-state index is 12.8. The van der Waals surface area contributed by atoms with Crippen LogP contribution in [-0.2, 0) is 14.3 Å². The van der Waals surface area contributed by atoms with E-state index in [1.807, 2.05) is 6.92 Å². The van der Waals surface area contributed by atoms with Crippen molar-refractivity contribution in [2.45, 2.75) is 26.7 Å². The van der Waals surface area contributed by atoms with Crippen molar-refractivity contribution in [3.05, 3.63) is 59.7 Å². The standard InChI is InChI=1S/C23H22N2O5/c1-3-9-20(26)17(23(29)30-4-2)14-24-18-12-7-8-13-19(18)25-21(27)15-10-5-6-11-16(15)22(25)28/h5-8,10-14,17H,3-4,9H2,1-2H3. The van der Waals surface area contributed by atoms with Gasteiger partial charge in [-0.05, 0) is 37.6 Å². The molecular formula is C23H22N2O5. The summed E-state index contributed by atoms with van der Waals surface area (Å²) in [4.78, 5) is 55.6. The number of ether oxygens (including phenoxy) is 1. The van der Waals surface area contributed by atoms with Crippen LogP contribution in [0.3, 0.4) is 0 Å². The summed E-state index contributed by atoms with van der Waals surface area (Å²) in [6, 6.07) is 13.2. The van der Waals surface area contributed by atoms with Crippen LogP contribution < -0.4 is 4.90 Å². The molecule has 0 saturated carbocycles. The second kappa shape index (κ2) is 9.26. The number of carbonyl (C=O) groups excluding carboxylic acids is 4. The van der Waals surface area contributed by atoms with Gasteiger partial charge in [0.1, 0.15) is 0 Å². The van der Waals surface area contributed by atoms with E-state index in [1.54, 1.807) is 55.5 Å². The molecule has 1 aliphatic heterocycles. The number of imide groups is 1. The fourth-order valence-corrected chi connectivity index (χ4v) is 3.23. The van der Waals surface area contributed by atoms with Gasteiger partial charge in [0.2, 0.25) is 0 Å². The number of hydrogen-bond acceptors (Lipinski definition) is 6. The van der Waals surface area contributed by atoms with Gasteiger partial charge in [-0.3, -0.25) is 24.2 Å². The van der Waals surface area contributed by atoms with E-state index in [0.717, 1.165) is 4.90 Å². The van der Waals surface area contributed by atoms with Crippen molar-refractivity contribution in [1.82, 2.24) is 0 Å². The number of esters is 1. The van der Waals surface area contributed by atoms with Crippen LogP contribution in [0, 0.1) is 5.92 Å². The van der Waals surface area contributed by atoms with Gasteiger partial charge in [-0.2, -0.15) is 0 Å². The minimum atomic E-state index is -1.14. The maximum absolute atomic E-state index is 12.8. The van der Waals surface area contributed by atoms with Crippen molar-refractivity contribution in [3.63, 3.8) is 0 Å². The lowest BCUT2D eigenvalue weighted by atomic mass is 10.0. The number of hydrogen-bond donors (Lipinski definition) is 0. The third-order valence-electron chi connectivity index (χ3n) is 4.66. The zero-order valence-electron chi connectivity index (χ0n) is 16.8. The number of aliphatic imine (C=N–C) groups is 1. The molecule has 1 heterocycles. The number of nitrogens with zero attached hydrogens (tertiary/aromatic N) is 2. The summed E-state index contributed by atoms with van der Waals surface area (Å²) in [5.74, 6) is -2.99. The monoisotopic (exact) mass is 406 g/mol. The van der Waals surface area contributed by atoms with E-state index in [0.29, 0.717) is 23.2 Å². The molecule has 1 unspecified atom stereocenters. The van der Waals surface area contributed by atoms with Gasteiger partial charge in [0.15, 0.2) is 11.7 Å². The largest absolute Gasteiger partial charge is 0.465 e. The predicted octanol–water partition coefficient (Wildman–Crippen LogP) is 3.74. The Hall–Kier alpha value is -3.61. The molecule has 1 atom stereocenters. The molecular weight excluding hydrogens is 384 g/mol. The molecule has 30 heavy (non-hydrogen) atoms. The number of para-hydroxylation sites is 2. The van der Waals surface area contributed by atoms with E-state index in [1.165, 1.54) is 6.21 Å². The summed E-state index contributed by atoms with van der Waals surface area (Å²) >= 11 is 0. The molecule has 0 fully saturated rings. The molecule has 0 spiro atoms. The Bertz CT molecular complexity index is 975. The molecule has 0 aliphatic carbocycles. The zero-order valence-corrected chi connectivity index (χ0v) is 16.8. The highest BCUT2D eigenvalue weighted by atomic mass is 16.5. The SMILES string of the molecule is CCCC(=O)C(C=Nc1ccccc1N1C(=O)c2ccccc2C1=O)C(=O)OCC. The average Bonchev–Trinajstić information content (AvgIpc) is 2.99. The number of rotatable bonds is 8. The van der Waals surface area contributed by atoms with Crippen molar-refractivity contribution < 1.29 is 23.9 Å². The lowest BCUT2D eigenvalue weighted by molar-refractivity contribution is -0.148. The first-order chi connectivity index (χ1) is 14.5. The Kier molecular flexibility index (Phi) is 6.51. The van der Waals surface area contributed by atoms with Gasteiger partial charge in [-0.1, -0.05) is 31.2 Å². The predicted molar refractivity (Wildman–Crippen MR) is 112 cm³/mol. The lowest BCUT2D eigenvalue weighted by Gasteiger charge is -2.16. The van der Waals surface area contributed by atoms with Crippen molar-refractivity contribution in [3.8, 4) is 0 Å². The second-order valence-electron chi connectivity index (χ2n) is 6.70. The third kappa shape index (κ3) is 4.05. The number of Topliss-reactive ketones (excluding diaryl/α,β-unsaturated/α-hetero) is 1. The third-order valence-corrected chi connectivity index (χ3v) is 4.66. The van der Waals surface area contributed by atoms with E-state index in [2.05, 4.69) is 4.99 Å². The van der Waals surface area contributed by atoms with Gasteiger partial charge >= 0.3 is 5.97 Å². The first-order valence-corrected chi connectivity index (χ1v) is 9.80. The minimum Gasteiger partial charge on any atom is -0.465 e. The maximum Gasteiger partial charge on any atom is 0.321 e. The molecule has 154 valence electrons. The first-order valence-electron chi connectivity index (χ1n) is 9.80. The second-order valence-corrected chi connectivity index (χ2v) is 6.70. The van der Waals surface area contributed by atoms with Crippen LogP contribution in [0.2, 0.25) is 0 Å². The summed E-state index contributed by atoms with van der Waals surface area (Å²) in [7, 11) is 0. The Labute approximate surface area is 174 Å². The van der Waals surface area contributed by atoms with E-state index in [9.17, 15) is 19.2 Å². The number of ketones is 1. The van der Waals surface area contributed by atoms with Crippen LogP contribution in [0.1, 0.15) is 47.4 Å². The fraction of sp³-hybridized carbons (Fsp3) is 0.261. The van der Waals surface area contributed by atoms with Crippen LogP contribution in [0.5, 0.6) is 0 Å². The van der Waals surface area contributed by atoms with Gasteiger partial charge in [0.25, 0.3) is 11.8 Å². The summed E-state index contributed by atoms with van der Waals surface area (Å²) in [5, 5.41) is 0. The van der Waals surface area contributed by atoms with Gasteiger partial charge in [0.05, 0.1) is 29.1 Å². The highest BCUT2D eigenvalue weighted by Gasteiger charge is 2.37. The smallest absolute Gasteiger partial charge is 0.321 e. The first kappa shape index (κ1) is 21.1. The molecule has 0 N–H and O–H groups in total. The van der Waals surface area contributed by atoms with Crippen LogP contribution in [0.4, 0.5) is 11.4 Å². The average molecular weight is 406 g/mol. The van der Waals surface area contributed by atoms with Gasteiger partial charge in [-0.15, -0.1) is 0 Å². The van der Waals surface area contributed by atoms with E-state index < -0.39 is 23.7 Å². The van der Waals surface area contributed by atoms with Gasteiger partial charge in [0, 0.05) is 12.6 Å².